The number of carboxylic acid groups (broad SMARTS) is 1. The summed E-state index contributed by atoms with van der Waals surface area (Å²) in [7, 11) is 0. The standard InChI is InChI=1S/C13H14N2O3S2/c1-7-9(10(16)15-13(2,3)12(17)18)20-11(14-7)8-4-5-19-6-8/h4-6H,1-3H3,(H,15,16)(H,17,18). The number of rotatable bonds is 4. The Morgan fingerprint density at radius 3 is 2.65 bits per heavy atom. The molecule has 1 amide bonds. The van der Waals surface area contributed by atoms with Crippen LogP contribution in [0.2, 0.25) is 0 Å². The molecule has 2 aromatic heterocycles. The van der Waals surface area contributed by atoms with Crippen LogP contribution >= 0.6 is 22.7 Å². The van der Waals surface area contributed by atoms with Crippen molar-refractivity contribution in [2.45, 2.75) is 26.3 Å². The van der Waals surface area contributed by atoms with E-state index in [0.717, 1.165) is 10.6 Å². The highest BCUT2D eigenvalue weighted by molar-refractivity contribution is 7.17. The highest BCUT2D eigenvalue weighted by Gasteiger charge is 2.30. The molecule has 20 heavy (non-hydrogen) atoms. The van der Waals surface area contributed by atoms with Gasteiger partial charge in [-0.2, -0.15) is 11.3 Å². The normalized spacial score (nSPS) is 11.3. The van der Waals surface area contributed by atoms with Crippen LogP contribution in [-0.2, 0) is 4.79 Å². The van der Waals surface area contributed by atoms with Crippen LogP contribution in [-0.4, -0.2) is 27.5 Å². The lowest BCUT2D eigenvalue weighted by Gasteiger charge is -2.20. The number of amides is 1. The molecule has 0 atom stereocenters. The molecule has 0 aliphatic carbocycles. The Kier molecular flexibility index (Phi) is 3.92. The lowest BCUT2D eigenvalue weighted by molar-refractivity contribution is -0.143. The van der Waals surface area contributed by atoms with Gasteiger partial charge >= 0.3 is 5.97 Å². The maximum Gasteiger partial charge on any atom is 0.328 e. The quantitative estimate of drug-likeness (QED) is 0.910. The van der Waals surface area contributed by atoms with Gasteiger partial charge in [-0.15, -0.1) is 11.3 Å². The Balaban J connectivity index is 2.26. The Hall–Kier alpha value is -1.73. The van der Waals surface area contributed by atoms with E-state index in [1.54, 1.807) is 18.3 Å². The summed E-state index contributed by atoms with van der Waals surface area (Å²) in [5, 5.41) is 16.2. The van der Waals surface area contributed by atoms with E-state index < -0.39 is 17.4 Å². The second kappa shape index (κ2) is 5.34. The maximum atomic E-state index is 12.2. The third-order valence-corrected chi connectivity index (χ3v) is 4.62. The van der Waals surface area contributed by atoms with Crippen LogP contribution < -0.4 is 5.32 Å². The van der Waals surface area contributed by atoms with Crippen LogP contribution in [0.3, 0.4) is 0 Å². The number of aliphatic carboxylic acids is 1. The zero-order chi connectivity index (χ0) is 14.9. The van der Waals surface area contributed by atoms with Crippen molar-refractivity contribution < 1.29 is 14.7 Å². The predicted molar refractivity (Wildman–Crippen MR) is 79.3 cm³/mol. The van der Waals surface area contributed by atoms with E-state index >= 15 is 0 Å². The summed E-state index contributed by atoms with van der Waals surface area (Å²) in [6, 6.07) is 1.94. The third kappa shape index (κ3) is 2.88. The summed E-state index contributed by atoms with van der Waals surface area (Å²) in [5.74, 6) is -1.49. The first-order chi connectivity index (χ1) is 9.31. The Morgan fingerprint density at radius 2 is 2.10 bits per heavy atom. The van der Waals surface area contributed by atoms with Crippen molar-refractivity contribution in [1.29, 1.82) is 0 Å². The van der Waals surface area contributed by atoms with Crippen molar-refractivity contribution in [3.05, 3.63) is 27.4 Å². The van der Waals surface area contributed by atoms with Crippen LogP contribution in [0, 0.1) is 6.92 Å². The van der Waals surface area contributed by atoms with Gasteiger partial charge in [-0.1, -0.05) is 0 Å². The Bertz CT molecular complexity index is 645. The Labute approximate surface area is 124 Å². The molecule has 0 radical (unpaired) electrons. The fourth-order valence-electron chi connectivity index (χ4n) is 1.51. The van der Waals surface area contributed by atoms with Gasteiger partial charge in [0, 0.05) is 10.9 Å². The Morgan fingerprint density at radius 1 is 1.40 bits per heavy atom. The predicted octanol–water partition coefficient (Wildman–Crippen LogP) is 2.77. The molecule has 5 nitrogen and oxygen atoms in total. The van der Waals surface area contributed by atoms with Crippen LogP contribution in [0.4, 0.5) is 0 Å². The molecule has 0 saturated heterocycles. The largest absolute Gasteiger partial charge is 0.480 e. The average Bonchev–Trinajstić information content (AvgIpc) is 2.96. The molecule has 0 spiro atoms. The summed E-state index contributed by atoms with van der Waals surface area (Å²) in [6.45, 7) is 4.64. The number of carbonyl (C=O) groups is 2. The van der Waals surface area contributed by atoms with Gasteiger partial charge in [0.1, 0.15) is 15.4 Å². The van der Waals surface area contributed by atoms with Crippen molar-refractivity contribution >= 4 is 34.6 Å². The van der Waals surface area contributed by atoms with Gasteiger partial charge in [0.2, 0.25) is 0 Å². The summed E-state index contributed by atoms with van der Waals surface area (Å²) < 4.78 is 0. The second-order valence-electron chi connectivity index (χ2n) is 4.83. The van der Waals surface area contributed by atoms with E-state index in [0.29, 0.717) is 10.6 Å². The fourth-order valence-corrected chi connectivity index (χ4v) is 3.18. The molecule has 0 aromatic carbocycles. The number of aryl methyl sites for hydroxylation is 1. The molecule has 0 bridgehead atoms. The first-order valence-corrected chi connectivity index (χ1v) is 7.63. The summed E-state index contributed by atoms with van der Waals surface area (Å²) in [4.78, 5) is 28.0. The highest BCUT2D eigenvalue weighted by atomic mass is 32.1. The zero-order valence-corrected chi connectivity index (χ0v) is 12.9. The minimum atomic E-state index is -1.31. The SMILES string of the molecule is Cc1nc(-c2ccsc2)sc1C(=O)NC(C)(C)C(=O)O. The van der Waals surface area contributed by atoms with Crippen molar-refractivity contribution in [3.63, 3.8) is 0 Å². The molecule has 2 heterocycles. The van der Waals surface area contributed by atoms with Crippen molar-refractivity contribution in [2.24, 2.45) is 0 Å². The highest BCUT2D eigenvalue weighted by Crippen LogP contribution is 2.29. The van der Waals surface area contributed by atoms with Crippen LogP contribution in [0.25, 0.3) is 10.6 Å². The molecule has 0 aliphatic rings. The lowest BCUT2D eigenvalue weighted by atomic mass is 10.1. The molecule has 0 fully saturated rings. The summed E-state index contributed by atoms with van der Waals surface area (Å²) in [6.07, 6.45) is 0. The van der Waals surface area contributed by atoms with Gasteiger partial charge in [-0.25, -0.2) is 9.78 Å². The molecular formula is C13H14N2O3S2. The lowest BCUT2D eigenvalue weighted by Crippen LogP contribution is -2.49. The van der Waals surface area contributed by atoms with Gasteiger partial charge in [0.15, 0.2) is 0 Å². The smallest absolute Gasteiger partial charge is 0.328 e. The number of carbonyl (C=O) groups excluding carboxylic acids is 1. The minimum Gasteiger partial charge on any atom is -0.480 e. The second-order valence-corrected chi connectivity index (χ2v) is 6.61. The van der Waals surface area contributed by atoms with Crippen molar-refractivity contribution in [1.82, 2.24) is 10.3 Å². The molecular weight excluding hydrogens is 296 g/mol. The molecule has 0 unspecified atom stereocenters. The van der Waals surface area contributed by atoms with Crippen molar-refractivity contribution in [2.75, 3.05) is 0 Å². The monoisotopic (exact) mass is 310 g/mol. The molecule has 2 rings (SSSR count). The first-order valence-electron chi connectivity index (χ1n) is 5.87. The van der Waals surface area contributed by atoms with E-state index in [1.807, 2.05) is 16.8 Å². The number of carboxylic acids is 1. The van der Waals surface area contributed by atoms with Gasteiger partial charge in [0.05, 0.1) is 5.69 Å². The number of hydrogen-bond acceptors (Lipinski definition) is 5. The molecule has 2 aromatic rings. The topological polar surface area (TPSA) is 79.3 Å². The zero-order valence-electron chi connectivity index (χ0n) is 11.3. The third-order valence-electron chi connectivity index (χ3n) is 2.73. The number of nitrogens with zero attached hydrogens (tertiary/aromatic N) is 1. The number of nitrogens with one attached hydrogen (secondary N) is 1. The number of thiazole rings is 1. The van der Waals surface area contributed by atoms with E-state index in [9.17, 15) is 9.59 Å². The molecule has 106 valence electrons. The fraction of sp³-hybridized carbons (Fsp3) is 0.308. The van der Waals surface area contributed by atoms with Gasteiger partial charge < -0.3 is 10.4 Å². The summed E-state index contributed by atoms with van der Waals surface area (Å²) >= 11 is 2.83. The van der Waals surface area contributed by atoms with E-state index in [1.165, 1.54) is 25.2 Å². The van der Waals surface area contributed by atoms with Crippen molar-refractivity contribution in [3.8, 4) is 10.6 Å². The number of thiophene rings is 1. The minimum absolute atomic E-state index is 0.408. The van der Waals surface area contributed by atoms with E-state index in [2.05, 4.69) is 10.3 Å². The average molecular weight is 310 g/mol. The molecule has 0 aliphatic heterocycles. The first kappa shape index (κ1) is 14.7. The summed E-state index contributed by atoms with van der Waals surface area (Å²) in [5.41, 5.74) is 0.269. The van der Waals surface area contributed by atoms with Gasteiger partial charge in [0.25, 0.3) is 5.91 Å². The molecule has 0 saturated carbocycles. The molecule has 2 N–H and O–H groups in total. The van der Waals surface area contributed by atoms with Crippen LogP contribution in [0.1, 0.15) is 29.2 Å². The number of aromatic nitrogens is 1. The maximum absolute atomic E-state index is 12.2. The van der Waals surface area contributed by atoms with Gasteiger partial charge in [-0.3, -0.25) is 4.79 Å². The van der Waals surface area contributed by atoms with E-state index in [4.69, 9.17) is 5.11 Å². The molecule has 7 heteroatoms. The van der Waals surface area contributed by atoms with E-state index in [-0.39, 0.29) is 0 Å². The van der Waals surface area contributed by atoms with Gasteiger partial charge in [-0.05, 0) is 32.2 Å². The van der Waals surface area contributed by atoms with Crippen LogP contribution in [0.15, 0.2) is 16.8 Å². The van der Waals surface area contributed by atoms with Crippen LogP contribution in [0.5, 0.6) is 0 Å². The number of hydrogen-bond donors (Lipinski definition) is 2.